The molecule has 1 rings (SSSR count). The van der Waals surface area contributed by atoms with E-state index in [0.717, 1.165) is 13.0 Å². The van der Waals surface area contributed by atoms with E-state index in [4.69, 9.17) is 9.84 Å². The number of hydrogen-bond donors (Lipinski definition) is 2. The molecule has 5 heteroatoms. The molecule has 0 radical (unpaired) electrons. The molecule has 0 aliphatic heterocycles. The van der Waals surface area contributed by atoms with E-state index in [2.05, 4.69) is 0 Å². The SMILES string of the molecule is CC(O)(COc1cccc(F)c1)C(=O)O. The zero-order chi connectivity index (χ0) is 11.5. The summed E-state index contributed by atoms with van der Waals surface area (Å²) in [5.74, 6) is -1.70. The number of carboxylic acid groups (broad SMARTS) is 1. The molecule has 0 bridgehead atoms. The van der Waals surface area contributed by atoms with E-state index in [-0.39, 0.29) is 5.75 Å². The monoisotopic (exact) mass is 214 g/mol. The van der Waals surface area contributed by atoms with E-state index in [1.54, 1.807) is 0 Å². The van der Waals surface area contributed by atoms with Crippen molar-refractivity contribution < 1.29 is 24.1 Å². The van der Waals surface area contributed by atoms with Crippen LogP contribution < -0.4 is 4.74 Å². The zero-order valence-corrected chi connectivity index (χ0v) is 8.11. The van der Waals surface area contributed by atoms with Crippen LogP contribution in [0.5, 0.6) is 5.75 Å². The molecule has 82 valence electrons. The molecular weight excluding hydrogens is 203 g/mol. The van der Waals surface area contributed by atoms with E-state index in [0.29, 0.717) is 0 Å². The summed E-state index contributed by atoms with van der Waals surface area (Å²) >= 11 is 0. The fourth-order valence-electron chi connectivity index (χ4n) is 0.842. The second-order valence-corrected chi connectivity index (χ2v) is 3.33. The van der Waals surface area contributed by atoms with Crippen molar-refractivity contribution in [3.05, 3.63) is 30.1 Å². The normalized spacial score (nSPS) is 14.3. The van der Waals surface area contributed by atoms with Gasteiger partial charge in [0, 0.05) is 6.07 Å². The summed E-state index contributed by atoms with van der Waals surface area (Å²) in [7, 11) is 0. The molecule has 2 N–H and O–H groups in total. The number of carboxylic acids is 1. The molecule has 1 atom stereocenters. The Hall–Kier alpha value is -1.62. The maximum absolute atomic E-state index is 12.7. The molecular formula is C10H11FO4. The molecule has 0 amide bonds. The van der Waals surface area contributed by atoms with Gasteiger partial charge in [0.25, 0.3) is 0 Å². The Kier molecular flexibility index (Phi) is 3.26. The van der Waals surface area contributed by atoms with E-state index >= 15 is 0 Å². The minimum atomic E-state index is -1.98. The molecule has 1 aromatic rings. The first-order valence-corrected chi connectivity index (χ1v) is 4.26. The van der Waals surface area contributed by atoms with Crippen LogP contribution in [0.4, 0.5) is 4.39 Å². The maximum atomic E-state index is 12.7. The molecule has 1 unspecified atom stereocenters. The van der Waals surface area contributed by atoms with Crippen molar-refractivity contribution in [1.29, 1.82) is 0 Å². The van der Waals surface area contributed by atoms with Crippen LogP contribution in [-0.4, -0.2) is 28.4 Å². The van der Waals surface area contributed by atoms with Crippen molar-refractivity contribution in [2.24, 2.45) is 0 Å². The lowest BCUT2D eigenvalue weighted by Crippen LogP contribution is -2.41. The Labute approximate surface area is 85.9 Å². The number of ether oxygens (including phenoxy) is 1. The Morgan fingerprint density at radius 2 is 2.27 bits per heavy atom. The summed E-state index contributed by atoms with van der Waals surface area (Å²) in [5, 5.41) is 17.9. The fraction of sp³-hybridized carbons (Fsp3) is 0.300. The van der Waals surface area contributed by atoms with Crippen molar-refractivity contribution in [3.63, 3.8) is 0 Å². The fourth-order valence-corrected chi connectivity index (χ4v) is 0.842. The van der Waals surface area contributed by atoms with Gasteiger partial charge < -0.3 is 14.9 Å². The van der Waals surface area contributed by atoms with Crippen LogP contribution in [0.25, 0.3) is 0 Å². The predicted octanol–water partition coefficient (Wildman–Crippen LogP) is 1.04. The second-order valence-electron chi connectivity index (χ2n) is 3.33. The topological polar surface area (TPSA) is 66.8 Å². The summed E-state index contributed by atoms with van der Waals surface area (Å²) in [4.78, 5) is 10.5. The molecule has 0 spiro atoms. The van der Waals surface area contributed by atoms with Gasteiger partial charge in [0.1, 0.15) is 18.2 Å². The number of hydrogen-bond acceptors (Lipinski definition) is 3. The summed E-state index contributed by atoms with van der Waals surface area (Å²) in [6, 6.07) is 5.25. The Bertz CT molecular complexity index is 362. The highest BCUT2D eigenvalue weighted by Crippen LogP contribution is 2.14. The first kappa shape index (κ1) is 11.5. The van der Waals surface area contributed by atoms with Gasteiger partial charge in [0.05, 0.1) is 0 Å². The van der Waals surface area contributed by atoms with Crippen LogP contribution >= 0.6 is 0 Å². The van der Waals surface area contributed by atoms with Crippen molar-refractivity contribution in [3.8, 4) is 5.75 Å². The van der Waals surface area contributed by atoms with Crippen LogP contribution in [0.15, 0.2) is 24.3 Å². The average Bonchev–Trinajstić information content (AvgIpc) is 2.15. The first-order valence-electron chi connectivity index (χ1n) is 4.26. The van der Waals surface area contributed by atoms with Gasteiger partial charge in [0.2, 0.25) is 0 Å². The molecule has 1 aromatic carbocycles. The smallest absolute Gasteiger partial charge is 0.339 e. The van der Waals surface area contributed by atoms with Gasteiger partial charge in [-0.1, -0.05) is 6.07 Å². The average molecular weight is 214 g/mol. The van der Waals surface area contributed by atoms with Gasteiger partial charge >= 0.3 is 5.97 Å². The van der Waals surface area contributed by atoms with Gasteiger partial charge in [0.15, 0.2) is 5.60 Å². The zero-order valence-electron chi connectivity index (χ0n) is 8.11. The number of benzene rings is 1. The number of aliphatic carboxylic acids is 1. The Morgan fingerprint density at radius 1 is 1.60 bits per heavy atom. The van der Waals surface area contributed by atoms with Gasteiger partial charge in [-0.25, -0.2) is 9.18 Å². The molecule has 0 aliphatic rings. The summed E-state index contributed by atoms with van der Waals surface area (Å²) in [6.07, 6.45) is 0. The van der Waals surface area contributed by atoms with Crippen molar-refractivity contribution in [1.82, 2.24) is 0 Å². The van der Waals surface area contributed by atoms with Crippen LogP contribution in [0.1, 0.15) is 6.92 Å². The number of aliphatic hydroxyl groups is 1. The third-order valence-corrected chi connectivity index (χ3v) is 1.78. The maximum Gasteiger partial charge on any atom is 0.339 e. The third-order valence-electron chi connectivity index (χ3n) is 1.78. The number of halogens is 1. The van der Waals surface area contributed by atoms with Crippen molar-refractivity contribution >= 4 is 5.97 Å². The summed E-state index contributed by atoms with van der Waals surface area (Å²) < 4.78 is 17.6. The van der Waals surface area contributed by atoms with Gasteiger partial charge in [-0.05, 0) is 19.1 Å². The van der Waals surface area contributed by atoms with Gasteiger partial charge in [-0.3, -0.25) is 0 Å². The van der Waals surface area contributed by atoms with Gasteiger partial charge in [-0.15, -0.1) is 0 Å². The minimum absolute atomic E-state index is 0.177. The molecule has 0 saturated heterocycles. The molecule has 0 aromatic heterocycles. The van der Waals surface area contributed by atoms with Crippen LogP contribution in [0, 0.1) is 5.82 Å². The van der Waals surface area contributed by atoms with Crippen LogP contribution in [-0.2, 0) is 4.79 Å². The van der Waals surface area contributed by atoms with E-state index in [1.807, 2.05) is 0 Å². The second kappa shape index (κ2) is 4.27. The van der Waals surface area contributed by atoms with Crippen molar-refractivity contribution in [2.75, 3.05) is 6.61 Å². The predicted molar refractivity (Wildman–Crippen MR) is 50.2 cm³/mol. The molecule has 0 saturated carbocycles. The van der Waals surface area contributed by atoms with E-state index in [9.17, 15) is 14.3 Å². The lowest BCUT2D eigenvalue weighted by Gasteiger charge is -2.18. The quantitative estimate of drug-likeness (QED) is 0.785. The molecule has 0 aliphatic carbocycles. The highest BCUT2D eigenvalue weighted by molar-refractivity contribution is 5.76. The third kappa shape index (κ3) is 3.21. The van der Waals surface area contributed by atoms with Crippen molar-refractivity contribution in [2.45, 2.75) is 12.5 Å². The highest BCUT2D eigenvalue weighted by atomic mass is 19.1. The Balaban J connectivity index is 2.61. The number of carbonyl (C=O) groups is 1. The van der Waals surface area contributed by atoms with Gasteiger partial charge in [-0.2, -0.15) is 0 Å². The van der Waals surface area contributed by atoms with Crippen LogP contribution in [0.3, 0.4) is 0 Å². The lowest BCUT2D eigenvalue weighted by molar-refractivity contribution is -0.159. The first-order chi connectivity index (χ1) is 6.92. The standard InChI is InChI=1S/C10H11FO4/c1-10(14,9(12)13)6-15-8-4-2-3-7(11)5-8/h2-5,14H,6H2,1H3,(H,12,13). The highest BCUT2D eigenvalue weighted by Gasteiger charge is 2.30. The van der Waals surface area contributed by atoms with E-state index in [1.165, 1.54) is 18.2 Å². The lowest BCUT2D eigenvalue weighted by atomic mass is 10.1. The summed E-state index contributed by atoms with van der Waals surface area (Å²) in [5.41, 5.74) is -1.98. The Morgan fingerprint density at radius 3 is 2.80 bits per heavy atom. The molecule has 0 heterocycles. The molecule has 15 heavy (non-hydrogen) atoms. The van der Waals surface area contributed by atoms with E-state index < -0.39 is 24.0 Å². The van der Waals surface area contributed by atoms with Crippen LogP contribution in [0.2, 0.25) is 0 Å². The minimum Gasteiger partial charge on any atom is -0.490 e. The summed E-state index contributed by atoms with van der Waals surface area (Å²) in [6.45, 7) is 0.667. The largest absolute Gasteiger partial charge is 0.490 e. The number of rotatable bonds is 4. The molecule has 4 nitrogen and oxygen atoms in total. The molecule has 0 fully saturated rings.